The minimum atomic E-state index is -4.12. The minimum absolute atomic E-state index is 0.0179. The zero-order valence-corrected chi connectivity index (χ0v) is 18.6. The number of sulfonamides is 1. The first-order valence-corrected chi connectivity index (χ1v) is 11.2. The first-order valence-electron chi connectivity index (χ1n) is 9.25. The van der Waals surface area contributed by atoms with Crippen molar-refractivity contribution < 1.29 is 17.9 Å². The molecule has 0 bridgehead atoms. The van der Waals surface area contributed by atoms with Crippen LogP contribution in [-0.2, 0) is 10.0 Å². The van der Waals surface area contributed by atoms with Crippen molar-refractivity contribution in [3.05, 3.63) is 59.8 Å². The molecule has 0 aliphatic heterocycles. The highest BCUT2D eigenvalue weighted by atomic mass is 35.5. The Bertz CT molecular complexity index is 1410. The number of fused-ring (bicyclic) bond motifs is 1. The molecule has 32 heavy (non-hydrogen) atoms. The molecule has 0 saturated heterocycles. The van der Waals surface area contributed by atoms with Gasteiger partial charge in [-0.1, -0.05) is 23.7 Å². The van der Waals surface area contributed by atoms with Gasteiger partial charge in [0, 0.05) is 23.9 Å². The summed E-state index contributed by atoms with van der Waals surface area (Å²) in [6.07, 6.45) is 0. The van der Waals surface area contributed by atoms with Crippen LogP contribution in [0.4, 0.5) is 11.5 Å². The van der Waals surface area contributed by atoms with Gasteiger partial charge in [0.1, 0.15) is 32.9 Å². The van der Waals surface area contributed by atoms with Crippen LogP contribution in [0.5, 0.6) is 11.5 Å². The number of rotatable bonds is 6. The molecule has 9 nitrogen and oxygen atoms in total. The van der Waals surface area contributed by atoms with Gasteiger partial charge in [-0.05, 0) is 24.3 Å². The average Bonchev–Trinajstić information content (AvgIpc) is 2.77. The molecule has 2 aromatic carbocycles. The number of hydrogen-bond acceptors (Lipinski definition) is 8. The lowest BCUT2D eigenvalue weighted by atomic mass is 10.2. The van der Waals surface area contributed by atoms with E-state index in [2.05, 4.69) is 20.3 Å². The summed E-state index contributed by atoms with van der Waals surface area (Å²) in [5.41, 5.74) is 1.85. The van der Waals surface area contributed by atoms with E-state index in [1.165, 1.54) is 26.4 Å². The van der Waals surface area contributed by atoms with Crippen LogP contribution in [-0.4, -0.2) is 37.6 Å². The fourth-order valence-electron chi connectivity index (χ4n) is 3.09. The summed E-state index contributed by atoms with van der Waals surface area (Å²) in [6.45, 7) is 0. The fourth-order valence-corrected chi connectivity index (χ4v) is 3.91. The van der Waals surface area contributed by atoms with E-state index in [4.69, 9.17) is 26.2 Å². The van der Waals surface area contributed by atoms with Gasteiger partial charge in [0.15, 0.2) is 5.82 Å². The second kappa shape index (κ2) is 8.58. The Kier molecular flexibility index (Phi) is 5.83. The van der Waals surface area contributed by atoms with Crippen molar-refractivity contribution in [2.24, 2.45) is 5.14 Å². The molecule has 0 spiro atoms. The molecule has 2 aromatic heterocycles. The number of aromatic nitrogens is 3. The predicted molar refractivity (Wildman–Crippen MR) is 122 cm³/mol. The summed E-state index contributed by atoms with van der Waals surface area (Å²) in [4.78, 5) is 13.2. The number of halogens is 1. The third kappa shape index (κ3) is 4.42. The van der Waals surface area contributed by atoms with Crippen molar-refractivity contribution in [2.45, 2.75) is 4.90 Å². The van der Waals surface area contributed by atoms with Gasteiger partial charge in [-0.2, -0.15) is 0 Å². The van der Waals surface area contributed by atoms with Crippen LogP contribution in [0.15, 0.2) is 59.5 Å². The first-order chi connectivity index (χ1) is 15.3. The van der Waals surface area contributed by atoms with Crippen LogP contribution in [0.2, 0.25) is 5.15 Å². The number of nitrogens with one attached hydrogen (secondary N) is 1. The second-order valence-corrected chi connectivity index (χ2v) is 8.58. The topological polar surface area (TPSA) is 129 Å². The van der Waals surface area contributed by atoms with Gasteiger partial charge in [-0.25, -0.2) is 28.5 Å². The smallest absolute Gasteiger partial charge is 0.240 e. The summed E-state index contributed by atoms with van der Waals surface area (Å²) in [6, 6.07) is 15.0. The average molecular weight is 472 g/mol. The highest BCUT2D eigenvalue weighted by Gasteiger charge is 2.23. The molecule has 4 rings (SSSR count). The lowest BCUT2D eigenvalue weighted by molar-refractivity contribution is 0.395. The number of hydrogen-bond donors (Lipinski definition) is 2. The number of anilines is 2. The van der Waals surface area contributed by atoms with Crippen molar-refractivity contribution in [3.8, 4) is 22.9 Å². The Balaban J connectivity index is 1.97. The Morgan fingerprint density at radius 1 is 0.875 bits per heavy atom. The highest BCUT2D eigenvalue weighted by Crippen LogP contribution is 2.34. The summed E-state index contributed by atoms with van der Waals surface area (Å²) in [5, 5.41) is 8.66. The van der Waals surface area contributed by atoms with Gasteiger partial charge in [0.05, 0.1) is 25.3 Å². The van der Waals surface area contributed by atoms with Crippen LogP contribution < -0.4 is 19.9 Å². The van der Waals surface area contributed by atoms with Gasteiger partial charge in [0.2, 0.25) is 10.0 Å². The third-order valence-corrected chi connectivity index (χ3v) is 5.69. The summed E-state index contributed by atoms with van der Waals surface area (Å²) < 4.78 is 35.1. The van der Waals surface area contributed by atoms with Crippen LogP contribution in [0, 0.1) is 0 Å². The number of para-hydroxylation sites is 2. The van der Waals surface area contributed by atoms with E-state index in [1.54, 1.807) is 36.4 Å². The van der Waals surface area contributed by atoms with Crippen molar-refractivity contribution in [1.82, 2.24) is 15.0 Å². The lowest BCUT2D eigenvalue weighted by Crippen LogP contribution is -2.15. The number of ether oxygens (including phenoxy) is 2. The molecule has 3 N–H and O–H groups in total. The third-order valence-electron chi connectivity index (χ3n) is 4.54. The first kappa shape index (κ1) is 21.8. The van der Waals surface area contributed by atoms with Gasteiger partial charge in [-0.3, -0.25) is 0 Å². The van der Waals surface area contributed by atoms with E-state index < -0.39 is 10.0 Å². The molecule has 4 aromatic rings. The van der Waals surface area contributed by atoms with Gasteiger partial charge >= 0.3 is 0 Å². The maximum absolute atomic E-state index is 12.2. The normalized spacial score (nSPS) is 11.4. The molecule has 2 heterocycles. The summed E-state index contributed by atoms with van der Waals surface area (Å²) >= 11 is 6.08. The number of nitrogens with zero attached hydrogens (tertiary/aromatic N) is 3. The van der Waals surface area contributed by atoms with E-state index in [9.17, 15) is 8.42 Å². The monoisotopic (exact) mass is 471 g/mol. The molecule has 0 fully saturated rings. The molecule has 0 amide bonds. The molecule has 0 aliphatic rings. The van der Waals surface area contributed by atoms with E-state index in [0.717, 1.165) is 0 Å². The summed E-state index contributed by atoms with van der Waals surface area (Å²) in [7, 11) is -1.05. The second-order valence-electron chi connectivity index (χ2n) is 6.66. The number of pyridine rings is 1. The molecular formula is C21H18ClN5O4S. The standard InChI is InChI=1S/C21H18ClN5O4S/c1-30-13-9-12(10-14(11-13)31-2)24-21-20(25-15-5-3-4-6-16(15)26-21)19-17(32(23,28)29)7-8-18(22)27-19/h3-11H,1-2H3,(H,24,26)(H2,23,28,29). The molecule has 11 heteroatoms. The maximum Gasteiger partial charge on any atom is 0.240 e. The van der Waals surface area contributed by atoms with Crippen molar-refractivity contribution in [1.29, 1.82) is 0 Å². The Labute approximate surface area is 189 Å². The molecule has 0 saturated carbocycles. The van der Waals surface area contributed by atoms with Crippen LogP contribution >= 0.6 is 11.6 Å². The van der Waals surface area contributed by atoms with E-state index in [-0.39, 0.29) is 27.3 Å². The van der Waals surface area contributed by atoms with Gasteiger partial charge < -0.3 is 14.8 Å². The van der Waals surface area contributed by atoms with E-state index in [1.807, 2.05) is 6.07 Å². The predicted octanol–water partition coefficient (Wildman–Crippen LogP) is 3.75. The number of primary sulfonamides is 1. The van der Waals surface area contributed by atoms with Crippen molar-refractivity contribution >= 4 is 44.2 Å². The number of benzene rings is 2. The molecule has 164 valence electrons. The largest absolute Gasteiger partial charge is 0.497 e. The number of nitrogens with two attached hydrogens (primary N) is 1. The molecular weight excluding hydrogens is 454 g/mol. The van der Waals surface area contributed by atoms with Crippen LogP contribution in [0.25, 0.3) is 22.4 Å². The van der Waals surface area contributed by atoms with Crippen LogP contribution in [0.3, 0.4) is 0 Å². The zero-order valence-electron chi connectivity index (χ0n) is 17.0. The highest BCUT2D eigenvalue weighted by molar-refractivity contribution is 7.89. The molecule has 0 atom stereocenters. The minimum Gasteiger partial charge on any atom is -0.497 e. The maximum atomic E-state index is 12.2. The fraction of sp³-hybridized carbons (Fsp3) is 0.0952. The van der Waals surface area contributed by atoms with Gasteiger partial charge in [-0.15, -0.1) is 0 Å². The Morgan fingerprint density at radius 3 is 2.09 bits per heavy atom. The molecule has 0 aliphatic carbocycles. The SMILES string of the molecule is COc1cc(Nc2nc3ccccc3nc2-c2nc(Cl)ccc2S(N)(=O)=O)cc(OC)c1. The zero-order chi connectivity index (χ0) is 22.9. The van der Waals surface area contributed by atoms with Crippen molar-refractivity contribution in [2.75, 3.05) is 19.5 Å². The molecule has 0 radical (unpaired) electrons. The van der Waals surface area contributed by atoms with Crippen molar-refractivity contribution in [3.63, 3.8) is 0 Å². The Morgan fingerprint density at radius 2 is 1.50 bits per heavy atom. The van der Waals surface area contributed by atoms with E-state index in [0.29, 0.717) is 28.2 Å². The molecule has 0 unspecified atom stereocenters. The Hall–Kier alpha value is -3.47. The lowest BCUT2D eigenvalue weighted by Gasteiger charge is -2.15. The number of methoxy groups -OCH3 is 2. The summed E-state index contributed by atoms with van der Waals surface area (Å²) in [5.74, 6) is 1.35. The quantitative estimate of drug-likeness (QED) is 0.406. The van der Waals surface area contributed by atoms with E-state index >= 15 is 0 Å². The van der Waals surface area contributed by atoms with Crippen LogP contribution in [0.1, 0.15) is 0 Å². The van der Waals surface area contributed by atoms with Gasteiger partial charge in [0.25, 0.3) is 0 Å².